The van der Waals surface area contributed by atoms with Gasteiger partial charge in [-0.2, -0.15) is 5.26 Å². The fourth-order valence-electron chi connectivity index (χ4n) is 2.49. The summed E-state index contributed by atoms with van der Waals surface area (Å²) >= 11 is 0. The molecular weight excluding hydrogens is 308 g/mol. The normalized spacial score (nSPS) is 17.0. The first kappa shape index (κ1) is 17.2. The van der Waals surface area contributed by atoms with Gasteiger partial charge in [0.15, 0.2) is 0 Å². The van der Waals surface area contributed by atoms with Crippen molar-refractivity contribution in [2.75, 3.05) is 13.7 Å². The molecule has 0 saturated heterocycles. The summed E-state index contributed by atoms with van der Waals surface area (Å²) in [7, 11) is 1.56. The third-order valence-electron chi connectivity index (χ3n) is 3.61. The van der Waals surface area contributed by atoms with Crippen molar-refractivity contribution in [2.24, 2.45) is 5.73 Å². The molecule has 1 aliphatic heterocycles. The van der Waals surface area contributed by atoms with Gasteiger partial charge in [-0.05, 0) is 24.6 Å². The van der Waals surface area contributed by atoms with Gasteiger partial charge in [0.25, 0.3) is 0 Å². The Bertz CT molecular complexity index is 754. The van der Waals surface area contributed by atoms with Crippen LogP contribution in [-0.4, -0.2) is 19.7 Å². The number of esters is 1. The zero-order valence-electron chi connectivity index (χ0n) is 13.5. The standard InChI is InChI=1S/C18H18N2O4/c1-4-9-23-18(21)15-11(2)24-17(20)14(10-19)16(15)12-5-7-13(22-3)8-6-12/h4-8,16H,1,9,20H2,2-3H3/t16-/m1/s1. The largest absolute Gasteiger partial charge is 0.497 e. The minimum absolute atomic E-state index is 0.0175. The van der Waals surface area contributed by atoms with Crippen LogP contribution in [0.4, 0.5) is 0 Å². The van der Waals surface area contributed by atoms with Crippen LogP contribution in [0.5, 0.6) is 5.75 Å². The molecule has 0 amide bonds. The minimum Gasteiger partial charge on any atom is -0.497 e. The number of ether oxygens (including phenoxy) is 3. The molecule has 2 rings (SSSR count). The lowest BCUT2D eigenvalue weighted by molar-refractivity contribution is -0.138. The second kappa shape index (κ2) is 7.38. The summed E-state index contributed by atoms with van der Waals surface area (Å²) < 4.78 is 15.6. The third-order valence-corrected chi connectivity index (χ3v) is 3.61. The van der Waals surface area contributed by atoms with E-state index in [1.807, 2.05) is 6.07 Å². The summed E-state index contributed by atoms with van der Waals surface area (Å²) in [6.07, 6.45) is 1.47. The zero-order valence-corrected chi connectivity index (χ0v) is 13.5. The first-order chi connectivity index (χ1) is 11.5. The van der Waals surface area contributed by atoms with Gasteiger partial charge in [-0.15, -0.1) is 0 Å². The van der Waals surface area contributed by atoms with Crippen LogP contribution in [0.3, 0.4) is 0 Å². The van der Waals surface area contributed by atoms with Crippen LogP contribution in [0, 0.1) is 11.3 Å². The number of methoxy groups -OCH3 is 1. The maximum atomic E-state index is 12.4. The number of carbonyl (C=O) groups is 1. The molecule has 1 aromatic carbocycles. The number of nitrogens with zero attached hydrogens (tertiary/aromatic N) is 1. The lowest BCUT2D eigenvalue weighted by Crippen LogP contribution is -2.25. The summed E-state index contributed by atoms with van der Waals surface area (Å²) in [5.74, 6) is -0.282. The first-order valence-corrected chi connectivity index (χ1v) is 7.23. The van der Waals surface area contributed by atoms with Gasteiger partial charge in [-0.3, -0.25) is 0 Å². The fraction of sp³-hybridized carbons (Fsp3) is 0.222. The molecule has 0 bridgehead atoms. The molecule has 1 aromatic rings. The number of hydrogen-bond donors (Lipinski definition) is 1. The molecule has 0 fully saturated rings. The van der Waals surface area contributed by atoms with Crippen molar-refractivity contribution in [2.45, 2.75) is 12.8 Å². The second-order valence-electron chi connectivity index (χ2n) is 5.05. The molecule has 0 radical (unpaired) electrons. The van der Waals surface area contributed by atoms with E-state index >= 15 is 0 Å². The summed E-state index contributed by atoms with van der Waals surface area (Å²) in [4.78, 5) is 12.4. The van der Waals surface area contributed by atoms with Crippen molar-refractivity contribution in [1.29, 1.82) is 5.26 Å². The van der Waals surface area contributed by atoms with Gasteiger partial charge < -0.3 is 19.9 Å². The van der Waals surface area contributed by atoms with Gasteiger partial charge in [-0.1, -0.05) is 24.8 Å². The summed E-state index contributed by atoms with van der Waals surface area (Å²) in [6, 6.07) is 9.07. The highest BCUT2D eigenvalue weighted by Crippen LogP contribution is 2.39. The molecule has 24 heavy (non-hydrogen) atoms. The zero-order chi connectivity index (χ0) is 17.7. The van der Waals surface area contributed by atoms with Crippen molar-refractivity contribution >= 4 is 5.97 Å². The summed E-state index contributed by atoms with van der Waals surface area (Å²) in [5.41, 5.74) is 6.95. The third kappa shape index (κ3) is 3.25. The number of allylic oxidation sites excluding steroid dienone is 2. The monoisotopic (exact) mass is 326 g/mol. The van der Waals surface area contributed by atoms with Crippen molar-refractivity contribution < 1.29 is 19.0 Å². The molecule has 0 unspecified atom stereocenters. The van der Waals surface area contributed by atoms with Gasteiger partial charge in [0, 0.05) is 0 Å². The average molecular weight is 326 g/mol. The predicted octanol–water partition coefficient (Wildman–Crippen LogP) is 2.51. The van der Waals surface area contributed by atoms with Gasteiger partial charge >= 0.3 is 5.97 Å². The number of benzene rings is 1. The molecule has 2 N–H and O–H groups in total. The molecule has 1 heterocycles. The van der Waals surface area contributed by atoms with E-state index in [1.165, 1.54) is 6.08 Å². The van der Waals surface area contributed by atoms with Crippen LogP contribution in [0.2, 0.25) is 0 Å². The highest BCUT2D eigenvalue weighted by atomic mass is 16.5. The lowest BCUT2D eigenvalue weighted by atomic mass is 9.83. The van der Waals surface area contributed by atoms with E-state index in [-0.39, 0.29) is 23.6 Å². The molecule has 1 aliphatic rings. The number of rotatable bonds is 5. The molecular formula is C18H18N2O4. The van der Waals surface area contributed by atoms with E-state index in [1.54, 1.807) is 38.3 Å². The molecule has 0 saturated carbocycles. The SMILES string of the molecule is C=CCOC(=O)C1=C(C)OC(N)=C(C#N)[C@H]1c1ccc(OC)cc1. The minimum atomic E-state index is -0.660. The Morgan fingerprint density at radius 3 is 2.67 bits per heavy atom. The van der Waals surface area contributed by atoms with Crippen molar-refractivity contribution in [1.82, 2.24) is 0 Å². The predicted molar refractivity (Wildman–Crippen MR) is 87.5 cm³/mol. The Labute approximate surface area is 140 Å². The fourth-order valence-corrected chi connectivity index (χ4v) is 2.49. The van der Waals surface area contributed by atoms with Crippen LogP contribution in [-0.2, 0) is 14.3 Å². The number of nitrogens with two attached hydrogens (primary N) is 1. The Morgan fingerprint density at radius 1 is 1.46 bits per heavy atom. The van der Waals surface area contributed by atoms with E-state index in [0.29, 0.717) is 17.1 Å². The quantitative estimate of drug-likeness (QED) is 0.660. The van der Waals surface area contributed by atoms with Gasteiger partial charge in [0.1, 0.15) is 29.8 Å². The lowest BCUT2D eigenvalue weighted by Gasteiger charge is -2.26. The van der Waals surface area contributed by atoms with Crippen LogP contribution >= 0.6 is 0 Å². The maximum absolute atomic E-state index is 12.4. The molecule has 6 heteroatoms. The van der Waals surface area contributed by atoms with E-state index in [2.05, 4.69) is 6.58 Å². The van der Waals surface area contributed by atoms with Crippen LogP contribution in [0.25, 0.3) is 0 Å². The Hall–Kier alpha value is -3.20. The molecule has 0 aliphatic carbocycles. The molecule has 0 spiro atoms. The molecule has 6 nitrogen and oxygen atoms in total. The topological polar surface area (TPSA) is 94.6 Å². The number of nitriles is 1. The van der Waals surface area contributed by atoms with E-state index in [4.69, 9.17) is 19.9 Å². The van der Waals surface area contributed by atoms with Crippen LogP contribution in [0.15, 0.2) is 59.7 Å². The number of carbonyl (C=O) groups excluding carboxylic acids is 1. The van der Waals surface area contributed by atoms with Crippen LogP contribution < -0.4 is 10.5 Å². The van der Waals surface area contributed by atoms with Crippen molar-refractivity contribution in [3.05, 3.63) is 65.3 Å². The average Bonchev–Trinajstić information content (AvgIpc) is 2.59. The van der Waals surface area contributed by atoms with Crippen LogP contribution in [0.1, 0.15) is 18.4 Å². The van der Waals surface area contributed by atoms with Gasteiger partial charge in [0.05, 0.1) is 18.6 Å². The Morgan fingerprint density at radius 2 is 2.12 bits per heavy atom. The van der Waals surface area contributed by atoms with E-state index in [9.17, 15) is 10.1 Å². The molecule has 1 atom stereocenters. The highest BCUT2D eigenvalue weighted by Gasteiger charge is 2.36. The van der Waals surface area contributed by atoms with Crippen molar-refractivity contribution in [3.63, 3.8) is 0 Å². The maximum Gasteiger partial charge on any atom is 0.338 e. The first-order valence-electron chi connectivity index (χ1n) is 7.23. The second-order valence-corrected chi connectivity index (χ2v) is 5.05. The summed E-state index contributed by atoms with van der Waals surface area (Å²) in [5, 5.41) is 9.47. The summed E-state index contributed by atoms with van der Waals surface area (Å²) in [6.45, 7) is 5.19. The van der Waals surface area contributed by atoms with Gasteiger partial charge in [0.2, 0.25) is 5.88 Å². The van der Waals surface area contributed by atoms with E-state index < -0.39 is 11.9 Å². The Kier molecular flexibility index (Phi) is 5.27. The molecule has 0 aromatic heterocycles. The Balaban J connectivity index is 2.52. The smallest absolute Gasteiger partial charge is 0.338 e. The van der Waals surface area contributed by atoms with Crippen molar-refractivity contribution in [3.8, 4) is 11.8 Å². The highest BCUT2D eigenvalue weighted by molar-refractivity contribution is 5.92. The number of hydrogen-bond acceptors (Lipinski definition) is 6. The van der Waals surface area contributed by atoms with Gasteiger partial charge in [-0.25, -0.2) is 4.79 Å². The molecule has 124 valence electrons. The van der Waals surface area contributed by atoms with E-state index in [0.717, 1.165) is 0 Å².